The summed E-state index contributed by atoms with van der Waals surface area (Å²) in [5, 5.41) is 9.18. The van der Waals surface area contributed by atoms with E-state index in [2.05, 4.69) is 11.8 Å². The van der Waals surface area contributed by atoms with Crippen LogP contribution in [0.4, 0.5) is 0 Å². The Labute approximate surface area is 162 Å². The maximum atomic E-state index is 11.1. The number of likely N-dealkylation sites (tertiary alicyclic amines) is 1. The van der Waals surface area contributed by atoms with Gasteiger partial charge in [-0.2, -0.15) is 0 Å². The highest BCUT2D eigenvalue weighted by atomic mass is 16.4. The molecular formula is C23H45NO2. The van der Waals surface area contributed by atoms with Crippen LogP contribution in [-0.4, -0.2) is 35.1 Å². The third kappa shape index (κ3) is 11.9. The molecule has 0 amide bonds. The van der Waals surface area contributed by atoms with Crippen LogP contribution < -0.4 is 0 Å². The lowest BCUT2D eigenvalue weighted by Crippen LogP contribution is -2.36. The maximum Gasteiger partial charge on any atom is 0.320 e. The van der Waals surface area contributed by atoms with E-state index in [-0.39, 0.29) is 6.04 Å². The molecule has 0 aromatic carbocycles. The predicted octanol–water partition coefficient (Wildman–Crippen LogP) is 6.80. The van der Waals surface area contributed by atoms with Gasteiger partial charge in [0.25, 0.3) is 0 Å². The molecule has 3 heteroatoms. The Morgan fingerprint density at radius 3 is 1.62 bits per heavy atom. The Morgan fingerprint density at radius 1 is 0.769 bits per heavy atom. The fraction of sp³-hybridized carbons (Fsp3) is 0.957. The summed E-state index contributed by atoms with van der Waals surface area (Å²) in [7, 11) is 0. The number of aliphatic carboxylic acids is 1. The Hall–Kier alpha value is -0.570. The minimum Gasteiger partial charge on any atom is -0.480 e. The molecule has 0 aromatic rings. The van der Waals surface area contributed by atoms with Crippen LogP contribution in [0.25, 0.3) is 0 Å². The lowest BCUT2D eigenvalue weighted by atomic mass is 10.0. The van der Waals surface area contributed by atoms with Crippen molar-refractivity contribution >= 4 is 5.97 Å². The fourth-order valence-corrected chi connectivity index (χ4v) is 4.24. The summed E-state index contributed by atoms with van der Waals surface area (Å²) in [6.45, 7) is 4.25. The van der Waals surface area contributed by atoms with Crippen molar-refractivity contribution in [1.29, 1.82) is 0 Å². The summed E-state index contributed by atoms with van der Waals surface area (Å²) in [5.74, 6) is -0.626. The van der Waals surface area contributed by atoms with Crippen LogP contribution in [0.1, 0.15) is 122 Å². The Bertz CT molecular complexity index is 332. The Balaban J connectivity index is 1.75. The molecule has 0 bridgehead atoms. The lowest BCUT2D eigenvalue weighted by Gasteiger charge is -2.20. The van der Waals surface area contributed by atoms with Gasteiger partial charge >= 0.3 is 5.97 Å². The van der Waals surface area contributed by atoms with Gasteiger partial charge in [-0.05, 0) is 32.4 Å². The largest absolute Gasteiger partial charge is 0.480 e. The molecule has 0 radical (unpaired) electrons. The molecule has 3 nitrogen and oxygen atoms in total. The molecule has 1 heterocycles. The average molecular weight is 368 g/mol. The number of carbonyl (C=O) groups is 1. The van der Waals surface area contributed by atoms with Crippen molar-refractivity contribution < 1.29 is 9.90 Å². The molecule has 0 aliphatic carbocycles. The van der Waals surface area contributed by atoms with Crippen LogP contribution in [0.15, 0.2) is 0 Å². The molecule has 1 N–H and O–H groups in total. The van der Waals surface area contributed by atoms with Crippen LogP contribution in [0.3, 0.4) is 0 Å². The second-order valence-corrected chi connectivity index (χ2v) is 8.34. The second kappa shape index (κ2) is 16.6. The quantitative estimate of drug-likeness (QED) is 0.271. The van der Waals surface area contributed by atoms with Crippen molar-refractivity contribution in [2.45, 2.75) is 129 Å². The monoisotopic (exact) mass is 367 g/mol. The first-order chi connectivity index (χ1) is 12.8. The highest BCUT2D eigenvalue weighted by Gasteiger charge is 2.29. The molecule has 1 fully saturated rings. The van der Waals surface area contributed by atoms with Crippen LogP contribution in [0.5, 0.6) is 0 Å². The Morgan fingerprint density at radius 2 is 1.19 bits per heavy atom. The van der Waals surface area contributed by atoms with Gasteiger partial charge < -0.3 is 5.11 Å². The van der Waals surface area contributed by atoms with Gasteiger partial charge in [0, 0.05) is 0 Å². The Kier molecular flexibility index (Phi) is 15.0. The van der Waals surface area contributed by atoms with Gasteiger partial charge in [-0.1, -0.05) is 103 Å². The van der Waals surface area contributed by atoms with Crippen molar-refractivity contribution in [3.63, 3.8) is 0 Å². The summed E-state index contributed by atoms with van der Waals surface area (Å²) in [5.41, 5.74) is 0. The standard InChI is InChI=1S/C23H45NO2/c1-2-3-4-5-6-7-8-9-10-11-12-13-14-15-16-17-20-24-21-18-19-22(24)23(25)26/h22H,2-21H2,1H3,(H,25,26)/t22-/m0/s1. The summed E-state index contributed by atoms with van der Waals surface area (Å²) in [6, 6.07) is -0.202. The maximum absolute atomic E-state index is 11.1. The van der Waals surface area contributed by atoms with Crippen molar-refractivity contribution in [3.05, 3.63) is 0 Å². The van der Waals surface area contributed by atoms with E-state index in [1.165, 1.54) is 103 Å². The topological polar surface area (TPSA) is 40.5 Å². The molecule has 0 spiro atoms. The molecule has 154 valence electrons. The first kappa shape index (κ1) is 23.5. The predicted molar refractivity (Wildman–Crippen MR) is 112 cm³/mol. The molecule has 0 aromatic heterocycles. The molecule has 1 aliphatic heterocycles. The van der Waals surface area contributed by atoms with Gasteiger partial charge in [-0.3, -0.25) is 9.69 Å². The molecule has 1 atom stereocenters. The van der Waals surface area contributed by atoms with Crippen molar-refractivity contribution in [2.75, 3.05) is 13.1 Å². The van der Waals surface area contributed by atoms with Crippen LogP contribution >= 0.6 is 0 Å². The van der Waals surface area contributed by atoms with E-state index in [0.717, 1.165) is 25.9 Å². The van der Waals surface area contributed by atoms with Gasteiger partial charge in [0.2, 0.25) is 0 Å². The molecule has 1 rings (SSSR count). The van der Waals surface area contributed by atoms with Gasteiger partial charge in [0.05, 0.1) is 0 Å². The minimum atomic E-state index is -0.626. The highest BCUT2D eigenvalue weighted by Crippen LogP contribution is 2.19. The van der Waals surface area contributed by atoms with Gasteiger partial charge in [0.15, 0.2) is 0 Å². The van der Waals surface area contributed by atoms with E-state index in [1.54, 1.807) is 0 Å². The number of rotatable bonds is 18. The third-order valence-electron chi connectivity index (χ3n) is 5.95. The highest BCUT2D eigenvalue weighted by molar-refractivity contribution is 5.73. The van der Waals surface area contributed by atoms with E-state index >= 15 is 0 Å². The third-order valence-corrected chi connectivity index (χ3v) is 5.95. The number of carboxylic acid groups (broad SMARTS) is 1. The molecule has 26 heavy (non-hydrogen) atoms. The van der Waals surface area contributed by atoms with Gasteiger partial charge in [-0.15, -0.1) is 0 Å². The first-order valence-electron chi connectivity index (χ1n) is 11.7. The first-order valence-corrected chi connectivity index (χ1v) is 11.7. The normalized spacial score (nSPS) is 17.8. The SMILES string of the molecule is CCCCCCCCCCCCCCCCCCN1CCC[C@H]1C(=O)O. The van der Waals surface area contributed by atoms with Crippen LogP contribution in [-0.2, 0) is 4.79 Å². The number of hydrogen-bond acceptors (Lipinski definition) is 2. The second-order valence-electron chi connectivity index (χ2n) is 8.34. The molecule has 1 saturated heterocycles. The van der Waals surface area contributed by atoms with Crippen molar-refractivity contribution in [3.8, 4) is 0 Å². The van der Waals surface area contributed by atoms with Crippen LogP contribution in [0, 0.1) is 0 Å². The van der Waals surface area contributed by atoms with E-state index in [4.69, 9.17) is 0 Å². The molecule has 1 aliphatic rings. The zero-order chi connectivity index (χ0) is 18.9. The lowest BCUT2D eigenvalue weighted by molar-refractivity contribution is -0.142. The van der Waals surface area contributed by atoms with Crippen molar-refractivity contribution in [1.82, 2.24) is 4.90 Å². The number of carboxylic acids is 1. The fourth-order valence-electron chi connectivity index (χ4n) is 4.24. The van der Waals surface area contributed by atoms with E-state index < -0.39 is 5.97 Å². The van der Waals surface area contributed by atoms with E-state index in [0.29, 0.717) is 0 Å². The van der Waals surface area contributed by atoms with E-state index in [1.807, 2.05) is 0 Å². The number of hydrogen-bond donors (Lipinski definition) is 1. The molecular weight excluding hydrogens is 322 g/mol. The summed E-state index contributed by atoms with van der Waals surface area (Å²) in [4.78, 5) is 13.3. The summed E-state index contributed by atoms with van der Waals surface area (Å²) >= 11 is 0. The number of unbranched alkanes of at least 4 members (excludes halogenated alkanes) is 15. The van der Waals surface area contributed by atoms with Gasteiger partial charge in [-0.25, -0.2) is 0 Å². The zero-order valence-electron chi connectivity index (χ0n) is 17.5. The minimum absolute atomic E-state index is 0.202. The summed E-state index contributed by atoms with van der Waals surface area (Å²) < 4.78 is 0. The average Bonchev–Trinajstić information content (AvgIpc) is 3.10. The number of nitrogens with zero attached hydrogens (tertiary/aromatic N) is 1. The van der Waals surface area contributed by atoms with Gasteiger partial charge in [0.1, 0.15) is 6.04 Å². The smallest absolute Gasteiger partial charge is 0.320 e. The van der Waals surface area contributed by atoms with Crippen molar-refractivity contribution in [2.24, 2.45) is 0 Å². The van der Waals surface area contributed by atoms with Crippen LogP contribution in [0.2, 0.25) is 0 Å². The molecule has 0 unspecified atom stereocenters. The van der Waals surface area contributed by atoms with E-state index in [9.17, 15) is 9.90 Å². The summed E-state index contributed by atoms with van der Waals surface area (Å²) in [6.07, 6.45) is 24.1. The zero-order valence-corrected chi connectivity index (χ0v) is 17.5. The molecule has 0 saturated carbocycles.